The summed E-state index contributed by atoms with van der Waals surface area (Å²) < 4.78 is 17.9. The number of isocyanates is 1. The molecule has 0 radical (unpaired) electrons. The van der Waals surface area contributed by atoms with Crippen LogP contribution in [0.15, 0.2) is 17.1 Å². The maximum atomic E-state index is 13.1. The lowest BCUT2D eigenvalue weighted by Gasteiger charge is -2.05. The summed E-state index contributed by atoms with van der Waals surface area (Å²) in [5.41, 5.74) is 0.507. The van der Waals surface area contributed by atoms with Crippen molar-refractivity contribution >= 4 is 17.7 Å². The molecule has 1 aromatic rings. The minimum absolute atomic E-state index is 0.0634. The average Bonchev–Trinajstić information content (AvgIpc) is 2.19. The van der Waals surface area contributed by atoms with Crippen molar-refractivity contribution in [2.75, 3.05) is 7.11 Å². The fraction of sp³-hybridized carbons (Fsp3) is 0.222. The summed E-state index contributed by atoms with van der Waals surface area (Å²) >= 11 is 5.59. The molecule has 74 valence electrons. The monoisotopic (exact) mass is 215 g/mol. The van der Waals surface area contributed by atoms with E-state index in [0.717, 1.165) is 0 Å². The molecular formula is C9H7ClFNO2. The van der Waals surface area contributed by atoms with Crippen LogP contribution in [0.4, 0.5) is 4.39 Å². The molecule has 0 heterocycles. The number of hydrogen-bond donors (Lipinski definition) is 0. The standard InChI is InChI=1S/C9H7ClFNO2/c1-14-8-3-6(4-12-5-13)2-7(11)9(8)10/h2-3H,4H2,1H3. The average molecular weight is 216 g/mol. The van der Waals surface area contributed by atoms with E-state index in [9.17, 15) is 9.18 Å². The number of aliphatic imine (C=N–C) groups is 1. The summed E-state index contributed by atoms with van der Waals surface area (Å²) in [5.74, 6) is -0.370. The Labute approximate surface area is 85.2 Å². The van der Waals surface area contributed by atoms with Crippen molar-refractivity contribution in [3.8, 4) is 5.75 Å². The Kier molecular flexibility index (Phi) is 3.63. The van der Waals surface area contributed by atoms with Crippen LogP contribution in [-0.4, -0.2) is 13.2 Å². The van der Waals surface area contributed by atoms with E-state index in [0.29, 0.717) is 5.56 Å². The zero-order chi connectivity index (χ0) is 10.6. The fourth-order valence-corrected chi connectivity index (χ4v) is 1.17. The fourth-order valence-electron chi connectivity index (χ4n) is 0.981. The largest absolute Gasteiger partial charge is 0.495 e. The van der Waals surface area contributed by atoms with Crippen molar-refractivity contribution in [3.63, 3.8) is 0 Å². The van der Waals surface area contributed by atoms with E-state index in [1.807, 2.05) is 0 Å². The molecule has 0 saturated carbocycles. The van der Waals surface area contributed by atoms with Gasteiger partial charge in [-0.15, -0.1) is 0 Å². The molecule has 5 heteroatoms. The van der Waals surface area contributed by atoms with Crippen molar-refractivity contribution in [1.82, 2.24) is 0 Å². The lowest BCUT2D eigenvalue weighted by molar-refractivity contribution is 0.411. The second-order valence-corrected chi connectivity index (χ2v) is 2.88. The van der Waals surface area contributed by atoms with Crippen LogP contribution < -0.4 is 4.74 Å². The number of halogens is 2. The first-order chi connectivity index (χ1) is 6.69. The van der Waals surface area contributed by atoms with Gasteiger partial charge in [-0.25, -0.2) is 14.2 Å². The van der Waals surface area contributed by atoms with Gasteiger partial charge in [-0.3, -0.25) is 0 Å². The van der Waals surface area contributed by atoms with Gasteiger partial charge in [0.1, 0.15) is 16.6 Å². The zero-order valence-corrected chi connectivity index (χ0v) is 8.14. The topological polar surface area (TPSA) is 38.7 Å². The molecule has 0 aliphatic rings. The Hall–Kier alpha value is -1.38. The van der Waals surface area contributed by atoms with E-state index in [1.54, 1.807) is 0 Å². The second-order valence-electron chi connectivity index (χ2n) is 2.50. The van der Waals surface area contributed by atoms with Gasteiger partial charge in [-0.1, -0.05) is 11.6 Å². The van der Waals surface area contributed by atoms with E-state index in [1.165, 1.54) is 25.3 Å². The van der Waals surface area contributed by atoms with Gasteiger partial charge in [0.15, 0.2) is 0 Å². The maximum Gasteiger partial charge on any atom is 0.235 e. The molecule has 0 spiro atoms. The third kappa shape index (κ3) is 2.31. The first-order valence-corrected chi connectivity index (χ1v) is 4.12. The van der Waals surface area contributed by atoms with E-state index >= 15 is 0 Å². The third-order valence-corrected chi connectivity index (χ3v) is 1.97. The van der Waals surface area contributed by atoms with Gasteiger partial charge < -0.3 is 4.74 Å². The first-order valence-electron chi connectivity index (χ1n) is 3.74. The Morgan fingerprint density at radius 3 is 2.93 bits per heavy atom. The number of methoxy groups -OCH3 is 1. The first kappa shape index (κ1) is 10.7. The van der Waals surface area contributed by atoms with Gasteiger partial charge in [0, 0.05) is 0 Å². The number of hydrogen-bond acceptors (Lipinski definition) is 3. The highest BCUT2D eigenvalue weighted by molar-refractivity contribution is 6.32. The van der Waals surface area contributed by atoms with E-state index in [2.05, 4.69) is 4.99 Å². The van der Waals surface area contributed by atoms with Crippen LogP contribution in [0.1, 0.15) is 5.56 Å². The van der Waals surface area contributed by atoms with Gasteiger partial charge in [0.05, 0.1) is 13.7 Å². The predicted molar refractivity (Wildman–Crippen MR) is 49.8 cm³/mol. The second kappa shape index (κ2) is 4.74. The quantitative estimate of drug-likeness (QED) is 0.573. The molecule has 0 amide bonds. The van der Waals surface area contributed by atoms with E-state index in [4.69, 9.17) is 16.3 Å². The Morgan fingerprint density at radius 1 is 1.64 bits per heavy atom. The van der Waals surface area contributed by atoms with Crippen LogP contribution in [-0.2, 0) is 11.3 Å². The SMILES string of the molecule is COc1cc(CN=C=O)cc(F)c1Cl. The van der Waals surface area contributed by atoms with Gasteiger partial charge in [0.2, 0.25) is 6.08 Å². The van der Waals surface area contributed by atoms with Crippen molar-refractivity contribution in [3.05, 3.63) is 28.5 Å². The maximum absolute atomic E-state index is 13.1. The number of ether oxygens (including phenoxy) is 1. The zero-order valence-electron chi connectivity index (χ0n) is 7.38. The summed E-state index contributed by atoms with van der Waals surface area (Å²) in [6, 6.07) is 2.72. The highest BCUT2D eigenvalue weighted by Crippen LogP contribution is 2.28. The normalized spacial score (nSPS) is 9.36. The molecule has 0 saturated heterocycles. The van der Waals surface area contributed by atoms with Gasteiger partial charge >= 0.3 is 0 Å². The van der Waals surface area contributed by atoms with Gasteiger partial charge in [-0.05, 0) is 17.7 Å². The van der Waals surface area contributed by atoms with Crippen LogP contribution in [0, 0.1) is 5.82 Å². The van der Waals surface area contributed by atoms with Crippen LogP contribution >= 0.6 is 11.6 Å². The summed E-state index contributed by atoms with van der Waals surface area (Å²) in [6.45, 7) is 0.0634. The molecule has 0 aromatic heterocycles. The minimum atomic E-state index is -0.595. The Morgan fingerprint density at radius 2 is 2.36 bits per heavy atom. The Balaban J connectivity index is 3.09. The number of rotatable bonds is 3. The van der Waals surface area contributed by atoms with Crippen molar-refractivity contribution < 1.29 is 13.9 Å². The number of benzene rings is 1. The molecule has 0 atom stereocenters. The molecule has 1 aromatic carbocycles. The molecule has 0 bridgehead atoms. The van der Waals surface area contributed by atoms with Crippen LogP contribution in [0.2, 0.25) is 5.02 Å². The summed E-state index contributed by atoms with van der Waals surface area (Å²) in [7, 11) is 1.38. The van der Waals surface area contributed by atoms with E-state index < -0.39 is 5.82 Å². The molecule has 0 aliphatic heterocycles. The van der Waals surface area contributed by atoms with E-state index in [-0.39, 0.29) is 17.3 Å². The minimum Gasteiger partial charge on any atom is -0.495 e. The van der Waals surface area contributed by atoms with Crippen LogP contribution in [0.5, 0.6) is 5.75 Å². The molecule has 14 heavy (non-hydrogen) atoms. The number of carbonyl (C=O) groups excluding carboxylic acids is 1. The summed E-state index contributed by atoms with van der Waals surface area (Å²) in [6.07, 6.45) is 1.37. The smallest absolute Gasteiger partial charge is 0.235 e. The molecule has 0 aliphatic carbocycles. The number of nitrogens with zero attached hydrogens (tertiary/aromatic N) is 1. The van der Waals surface area contributed by atoms with Gasteiger partial charge in [0.25, 0.3) is 0 Å². The third-order valence-electron chi connectivity index (χ3n) is 1.60. The molecule has 1 rings (SSSR count). The van der Waals surface area contributed by atoms with Crippen molar-refractivity contribution in [2.24, 2.45) is 4.99 Å². The molecular weight excluding hydrogens is 209 g/mol. The van der Waals surface area contributed by atoms with Crippen LogP contribution in [0.3, 0.4) is 0 Å². The molecule has 3 nitrogen and oxygen atoms in total. The van der Waals surface area contributed by atoms with Crippen molar-refractivity contribution in [2.45, 2.75) is 6.54 Å². The predicted octanol–water partition coefficient (Wildman–Crippen LogP) is 2.32. The lowest BCUT2D eigenvalue weighted by atomic mass is 10.2. The molecule has 0 unspecified atom stereocenters. The highest BCUT2D eigenvalue weighted by Gasteiger charge is 2.08. The molecule has 0 N–H and O–H groups in total. The lowest BCUT2D eigenvalue weighted by Crippen LogP contribution is -1.91. The van der Waals surface area contributed by atoms with Crippen LogP contribution in [0.25, 0.3) is 0 Å². The van der Waals surface area contributed by atoms with Gasteiger partial charge in [-0.2, -0.15) is 0 Å². The summed E-state index contributed by atoms with van der Waals surface area (Å²) in [5, 5.41) is -0.0775. The van der Waals surface area contributed by atoms with Crippen molar-refractivity contribution in [1.29, 1.82) is 0 Å². The molecule has 0 fully saturated rings. The Bertz CT molecular complexity index is 389. The summed E-state index contributed by atoms with van der Waals surface area (Å²) in [4.78, 5) is 13.2. The highest BCUT2D eigenvalue weighted by atomic mass is 35.5.